The Morgan fingerprint density at radius 1 is 1.43 bits per heavy atom. The Hall–Kier alpha value is -3.12. The fraction of sp³-hybridized carbons (Fsp3) is 0.467. The highest BCUT2D eigenvalue weighted by molar-refractivity contribution is 6.28. The van der Waals surface area contributed by atoms with Crippen molar-refractivity contribution in [2.24, 2.45) is 0 Å². The van der Waals surface area contributed by atoms with Crippen LogP contribution in [0.5, 0.6) is 0 Å². The van der Waals surface area contributed by atoms with Gasteiger partial charge in [0.05, 0.1) is 25.4 Å². The molecule has 0 bridgehead atoms. The number of carboxylic acids is 2. The topological polar surface area (TPSA) is 207 Å². The molecule has 4 atom stereocenters. The van der Waals surface area contributed by atoms with Crippen LogP contribution in [0.3, 0.4) is 0 Å². The largest absolute Gasteiger partial charge is 0.479 e. The monoisotopic (exact) mass is 444 g/mol. The molecule has 3 rings (SSSR count). The minimum absolute atomic E-state index is 0.0174. The van der Waals surface area contributed by atoms with Gasteiger partial charge in [-0.05, 0) is 11.6 Å². The third-order valence-electron chi connectivity index (χ3n) is 4.50. The number of halogens is 2. The van der Waals surface area contributed by atoms with Crippen molar-refractivity contribution in [3.63, 3.8) is 0 Å². The first-order valence-electron chi connectivity index (χ1n) is 8.23. The molecule has 0 spiro atoms. The van der Waals surface area contributed by atoms with Gasteiger partial charge in [-0.2, -0.15) is 15.2 Å². The van der Waals surface area contributed by atoms with Gasteiger partial charge in [0.15, 0.2) is 23.9 Å². The van der Waals surface area contributed by atoms with Gasteiger partial charge in [-0.25, -0.2) is 19.0 Å². The van der Waals surface area contributed by atoms with Crippen LogP contribution in [0.1, 0.15) is 12.6 Å². The molecule has 1 fully saturated rings. The zero-order valence-electron chi connectivity index (χ0n) is 14.8. The van der Waals surface area contributed by atoms with Crippen LogP contribution >= 0.6 is 11.6 Å². The van der Waals surface area contributed by atoms with E-state index in [0.717, 1.165) is 10.9 Å². The number of ether oxygens (including phenoxy) is 2. The van der Waals surface area contributed by atoms with Crippen LogP contribution in [-0.2, 0) is 19.1 Å². The molecule has 0 saturated carbocycles. The number of aromatic nitrogens is 4. The van der Waals surface area contributed by atoms with E-state index >= 15 is 0 Å². The van der Waals surface area contributed by atoms with Crippen LogP contribution in [0, 0.1) is 11.3 Å². The number of nitrogens with zero attached hydrogens (tertiary/aromatic N) is 5. The van der Waals surface area contributed by atoms with E-state index in [1.807, 2.05) is 0 Å². The number of aliphatic carboxylic acids is 2. The lowest BCUT2D eigenvalue weighted by Gasteiger charge is -2.25. The van der Waals surface area contributed by atoms with E-state index in [9.17, 15) is 29.3 Å². The van der Waals surface area contributed by atoms with Gasteiger partial charge in [-0.3, -0.25) is 4.57 Å². The van der Waals surface area contributed by atoms with Crippen molar-refractivity contribution in [2.75, 3.05) is 12.3 Å². The number of nitrogens with two attached hydrogens (primary N) is 1. The van der Waals surface area contributed by atoms with Gasteiger partial charge in [0.25, 0.3) is 5.60 Å². The van der Waals surface area contributed by atoms with Gasteiger partial charge < -0.3 is 30.5 Å². The first-order chi connectivity index (χ1) is 14.1. The second-order valence-electron chi connectivity index (χ2n) is 6.29. The van der Waals surface area contributed by atoms with Gasteiger partial charge in [0, 0.05) is 0 Å². The Balaban J connectivity index is 1.85. The molecule has 0 aliphatic carbocycles. The molecule has 2 aromatic rings. The van der Waals surface area contributed by atoms with Crippen molar-refractivity contribution in [2.45, 2.75) is 36.6 Å². The van der Waals surface area contributed by atoms with E-state index in [2.05, 4.69) is 15.0 Å². The number of aliphatic hydroxyl groups is 1. The van der Waals surface area contributed by atoms with E-state index in [0.29, 0.717) is 0 Å². The Bertz CT molecular complexity index is 1030. The lowest BCUT2D eigenvalue weighted by molar-refractivity contribution is -0.189. The van der Waals surface area contributed by atoms with Crippen molar-refractivity contribution in [1.82, 2.24) is 19.5 Å². The molecule has 1 saturated heterocycles. The molecule has 30 heavy (non-hydrogen) atoms. The summed E-state index contributed by atoms with van der Waals surface area (Å²) in [5, 5.41) is 37.1. The average Bonchev–Trinajstić information content (AvgIpc) is 3.20. The lowest BCUT2D eigenvalue weighted by atomic mass is 10.0. The summed E-state index contributed by atoms with van der Waals surface area (Å²) in [6.45, 7) is -0.830. The SMILES string of the molecule is N#CCC(OC[C@H]1O[C@@H](n2cnc3c(N)nc(Cl)nc32)[C@@H](F)[C@@H]1O)(C(=O)O)C(=O)O. The Labute approximate surface area is 171 Å². The number of anilines is 1. The van der Waals surface area contributed by atoms with Gasteiger partial charge in [0.1, 0.15) is 17.7 Å². The Morgan fingerprint density at radius 3 is 2.70 bits per heavy atom. The van der Waals surface area contributed by atoms with Gasteiger partial charge in [-0.1, -0.05) is 0 Å². The summed E-state index contributed by atoms with van der Waals surface area (Å²) in [7, 11) is 0. The zero-order chi connectivity index (χ0) is 22.2. The Morgan fingerprint density at radius 2 is 2.10 bits per heavy atom. The minimum Gasteiger partial charge on any atom is -0.479 e. The quantitative estimate of drug-likeness (QED) is 0.314. The zero-order valence-corrected chi connectivity index (χ0v) is 15.6. The van der Waals surface area contributed by atoms with Crippen molar-refractivity contribution >= 4 is 40.5 Å². The molecule has 1 aliphatic rings. The molecule has 1 aliphatic heterocycles. The van der Waals surface area contributed by atoms with E-state index < -0.39 is 55.2 Å². The van der Waals surface area contributed by atoms with E-state index in [1.54, 1.807) is 0 Å². The number of fused-ring (bicyclic) bond motifs is 1. The maximum absolute atomic E-state index is 14.7. The molecule has 2 aromatic heterocycles. The Kier molecular flexibility index (Phi) is 5.72. The summed E-state index contributed by atoms with van der Waals surface area (Å²) in [4.78, 5) is 34.3. The number of hydrogen-bond donors (Lipinski definition) is 4. The van der Waals surface area contributed by atoms with Gasteiger partial charge in [-0.15, -0.1) is 0 Å². The number of aliphatic hydroxyl groups excluding tert-OH is 1. The first kappa shape index (κ1) is 21.6. The predicted octanol–water partition coefficient (Wildman–Crippen LogP) is -0.503. The van der Waals surface area contributed by atoms with Crippen molar-refractivity contribution in [3.05, 3.63) is 11.6 Å². The van der Waals surface area contributed by atoms with Crippen molar-refractivity contribution < 1.29 is 38.8 Å². The smallest absolute Gasteiger partial charge is 0.349 e. The number of alkyl halides is 1. The van der Waals surface area contributed by atoms with Crippen molar-refractivity contribution in [3.8, 4) is 6.07 Å². The van der Waals surface area contributed by atoms with Crippen LogP contribution in [0.25, 0.3) is 11.2 Å². The number of carbonyl (C=O) groups is 2. The van der Waals surface area contributed by atoms with E-state index in [1.165, 1.54) is 6.07 Å². The lowest BCUT2D eigenvalue weighted by Crippen LogP contribution is -2.51. The molecular formula is C15H14ClFN6O7. The maximum Gasteiger partial charge on any atom is 0.349 e. The molecule has 0 radical (unpaired) electrons. The number of carboxylic acid groups (broad SMARTS) is 2. The molecule has 13 nitrogen and oxygen atoms in total. The van der Waals surface area contributed by atoms with Crippen molar-refractivity contribution in [1.29, 1.82) is 5.26 Å². The maximum atomic E-state index is 14.7. The molecule has 0 amide bonds. The molecular weight excluding hydrogens is 431 g/mol. The highest BCUT2D eigenvalue weighted by Crippen LogP contribution is 2.35. The summed E-state index contributed by atoms with van der Waals surface area (Å²) in [6, 6.07) is 1.41. The third-order valence-corrected chi connectivity index (χ3v) is 4.67. The molecule has 3 heterocycles. The second kappa shape index (κ2) is 7.95. The highest BCUT2D eigenvalue weighted by atomic mass is 35.5. The van der Waals surface area contributed by atoms with Crippen LogP contribution in [-0.4, -0.2) is 77.4 Å². The number of nitrogen functional groups attached to an aromatic ring is 1. The predicted molar refractivity (Wildman–Crippen MR) is 93.7 cm³/mol. The number of imidazole rings is 1. The fourth-order valence-corrected chi connectivity index (χ4v) is 3.09. The molecule has 5 N–H and O–H groups in total. The normalized spacial score (nSPS) is 24.1. The summed E-state index contributed by atoms with van der Waals surface area (Å²) in [6.07, 6.45) is -6.70. The number of rotatable bonds is 7. The number of nitriles is 1. The second-order valence-corrected chi connectivity index (χ2v) is 6.62. The third kappa shape index (κ3) is 3.48. The first-order valence-corrected chi connectivity index (χ1v) is 8.61. The van der Waals surface area contributed by atoms with Crippen LogP contribution < -0.4 is 5.73 Å². The molecule has 15 heteroatoms. The molecule has 0 unspecified atom stereocenters. The summed E-state index contributed by atoms with van der Waals surface area (Å²) >= 11 is 5.76. The van der Waals surface area contributed by atoms with Crippen LogP contribution in [0.2, 0.25) is 5.28 Å². The summed E-state index contributed by atoms with van der Waals surface area (Å²) in [5.41, 5.74) is 2.91. The van der Waals surface area contributed by atoms with Gasteiger partial charge >= 0.3 is 11.9 Å². The van der Waals surface area contributed by atoms with Crippen LogP contribution in [0.15, 0.2) is 6.33 Å². The molecule has 160 valence electrons. The van der Waals surface area contributed by atoms with Crippen LogP contribution in [0.4, 0.5) is 10.2 Å². The molecule has 0 aromatic carbocycles. The summed E-state index contributed by atoms with van der Waals surface area (Å²) in [5.74, 6) is -3.93. The average molecular weight is 445 g/mol. The van der Waals surface area contributed by atoms with E-state index in [4.69, 9.17) is 32.1 Å². The number of hydrogen-bond acceptors (Lipinski definition) is 10. The minimum atomic E-state index is -2.90. The summed E-state index contributed by atoms with van der Waals surface area (Å²) < 4.78 is 26.2. The van der Waals surface area contributed by atoms with Gasteiger partial charge in [0.2, 0.25) is 5.28 Å². The van der Waals surface area contributed by atoms with E-state index in [-0.39, 0.29) is 22.3 Å². The highest BCUT2D eigenvalue weighted by Gasteiger charge is 2.52. The fourth-order valence-electron chi connectivity index (χ4n) is 2.92. The standard InChI is InChI=1S/C15H14ClFN6O7/c16-14-21-9(19)7-10(22-14)23(4-20-7)11-6(17)8(24)5(30-11)3-29-15(1-2-18,12(25)26)13(27)28/h4-6,8,11,24H,1,3H2,(H,25,26)(H,27,28)(H2,19,21,22)/t5-,6+,8-,11-/m1/s1.